The molecule has 0 aliphatic carbocycles. The fourth-order valence-corrected chi connectivity index (χ4v) is 4.44. The molecule has 3 rings (SSSR count). The number of nitrogens with zero attached hydrogens (tertiary/aromatic N) is 3. The van der Waals surface area contributed by atoms with E-state index in [0.29, 0.717) is 11.3 Å². The topological polar surface area (TPSA) is 70.0 Å². The number of piperidine rings is 1. The van der Waals surface area contributed by atoms with Crippen molar-refractivity contribution in [2.75, 3.05) is 20.1 Å². The van der Waals surface area contributed by atoms with Gasteiger partial charge in [0.15, 0.2) is 0 Å². The number of halogens is 2. The highest BCUT2D eigenvalue weighted by molar-refractivity contribution is 7.89. The normalized spacial score (nSPS) is 24.5. The lowest BCUT2D eigenvalue weighted by atomic mass is 9.99. The van der Waals surface area contributed by atoms with Gasteiger partial charge >= 0.3 is 0 Å². The fourth-order valence-electron chi connectivity index (χ4n) is 3.00. The van der Waals surface area contributed by atoms with Crippen LogP contribution in [0.5, 0.6) is 0 Å². The molecule has 1 atom stereocenters. The maximum atomic E-state index is 13.2. The van der Waals surface area contributed by atoms with E-state index in [1.165, 1.54) is 17.1 Å². The highest BCUT2D eigenvalue weighted by Gasteiger charge is 2.38. The third-order valence-electron chi connectivity index (χ3n) is 4.60. The van der Waals surface area contributed by atoms with E-state index in [1.54, 1.807) is 26.1 Å². The zero-order valence-corrected chi connectivity index (χ0v) is 14.8. The van der Waals surface area contributed by atoms with Crippen molar-refractivity contribution in [2.24, 2.45) is 11.0 Å². The molecule has 2 aliphatic rings. The molecule has 1 fully saturated rings. The molecule has 1 amide bonds. The van der Waals surface area contributed by atoms with Gasteiger partial charge in [0.2, 0.25) is 10.0 Å². The molecule has 2 heterocycles. The summed E-state index contributed by atoms with van der Waals surface area (Å²) >= 11 is 0. The van der Waals surface area contributed by atoms with E-state index in [1.807, 2.05) is 0 Å². The monoisotopic (exact) mass is 371 g/mol. The first-order valence-electron chi connectivity index (χ1n) is 7.96. The Bertz CT molecular complexity index is 812. The van der Waals surface area contributed by atoms with Crippen molar-refractivity contribution in [1.82, 2.24) is 9.31 Å². The molecule has 1 saturated heterocycles. The molecule has 1 aromatic carbocycles. The quantitative estimate of drug-likeness (QED) is 0.815. The molecule has 0 spiro atoms. The molecule has 0 bridgehead atoms. The van der Waals surface area contributed by atoms with Gasteiger partial charge in [0.1, 0.15) is 0 Å². The lowest BCUT2D eigenvalue weighted by Crippen LogP contribution is -2.42. The zero-order valence-electron chi connectivity index (χ0n) is 13.9. The summed E-state index contributed by atoms with van der Waals surface area (Å²) in [4.78, 5) is 11.9. The van der Waals surface area contributed by atoms with Crippen molar-refractivity contribution in [3.8, 4) is 0 Å². The minimum atomic E-state index is -3.80. The van der Waals surface area contributed by atoms with Gasteiger partial charge in [0.25, 0.3) is 11.8 Å². The number of sulfonamides is 1. The molecular weight excluding hydrogens is 352 g/mol. The van der Waals surface area contributed by atoms with Gasteiger partial charge in [-0.2, -0.15) is 9.41 Å². The first-order valence-corrected chi connectivity index (χ1v) is 9.40. The van der Waals surface area contributed by atoms with Gasteiger partial charge in [-0.05, 0) is 24.6 Å². The minimum Gasteiger partial charge on any atom is -0.272 e. The standard InChI is InChI=1S/C16H19F2N3O3S/c1-11-14(19-20(2)15(11)22)12-3-5-13(6-4-12)25(23,24)21-9-7-16(17,18)8-10-21/h3-6,11H,7-10H2,1-2H3. The van der Waals surface area contributed by atoms with Crippen LogP contribution in [0, 0.1) is 5.92 Å². The van der Waals surface area contributed by atoms with E-state index < -0.39 is 34.7 Å². The third kappa shape index (κ3) is 3.30. The number of hydrogen-bond acceptors (Lipinski definition) is 4. The van der Waals surface area contributed by atoms with Crippen LogP contribution in [0.25, 0.3) is 0 Å². The molecule has 0 saturated carbocycles. The SMILES string of the molecule is CC1C(=O)N(C)N=C1c1ccc(S(=O)(=O)N2CCC(F)(F)CC2)cc1. The van der Waals surface area contributed by atoms with Gasteiger partial charge < -0.3 is 0 Å². The molecule has 0 N–H and O–H groups in total. The van der Waals surface area contributed by atoms with E-state index in [4.69, 9.17) is 0 Å². The Balaban J connectivity index is 1.81. The lowest BCUT2D eigenvalue weighted by molar-refractivity contribution is -0.130. The van der Waals surface area contributed by atoms with Crippen LogP contribution in [0.3, 0.4) is 0 Å². The second kappa shape index (κ2) is 6.14. The Hall–Kier alpha value is -1.87. The maximum absolute atomic E-state index is 13.2. The summed E-state index contributed by atoms with van der Waals surface area (Å²) in [6, 6.07) is 6.03. The molecule has 0 radical (unpaired) electrons. The van der Waals surface area contributed by atoms with Crippen LogP contribution in [0.2, 0.25) is 0 Å². The summed E-state index contributed by atoms with van der Waals surface area (Å²) in [5, 5.41) is 5.44. The predicted octanol–water partition coefficient (Wildman–Crippen LogP) is 1.92. The molecule has 9 heteroatoms. The number of alkyl halides is 2. The van der Waals surface area contributed by atoms with Crippen molar-refractivity contribution in [3.63, 3.8) is 0 Å². The van der Waals surface area contributed by atoms with Gasteiger partial charge in [0, 0.05) is 33.0 Å². The van der Waals surface area contributed by atoms with Gasteiger partial charge in [-0.3, -0.25) is 4.79 Å². The number of rotatable bonds is 3. The number of carbonyl (C=O) groups is 1. The van der Waals surface area contributed by atoms with Crippen LogP contribution < -0.4 is 0 Å². The highest BCUT2D eigenvalue weighted by atomic mass is 32.2. The first-order chi connectivity index (χ1) is 11.6. The van der Waals surface area contributed by atoms with Gasteiger partial charge in [-0.1, -0.05) is 12.1 Å². The highest BCUT2D eigenvalue weighted by Crippen LogP contribution is 2.31. The number of amides is 1. The Labute approximate surface area is 145 Å². The molecular formula is C16H19F2N3O3S. The molecule has 2 aliphatic heterocycles. The van der Waals surface area contributed by atoms with Crippen molar-refractivity contribution in [1.29, 1.82) is 0 Å². The number of hydrogen-bond donors (Lipinski definition) is 0. The van der Waals surface area contributed by atoms with Crippen molar-refractivity contribution >= 4 is 21.6 Å². The summed E-state index contributed by atoms with van der Waals surface area (Å²) in [5.74, 6) is -3.32. The molecule has 136 valence electrons. The minimum absolute atomic E-state index is 0.0485. The Morgan fingerprint density at radius 2 is 1.72 bits per heavy atom. The smallest absolute Gasteiger partial charge is 0.251 e. The number of hydrazone groups is 1. The molecule has 0 aromatic heterocycles. The Morgan fingerprint density at radius 3 is 2.20 bits per heavy atom. The van der Waals surface area contributed by atoms with E-state index in [-0.39, 0.29) is 23.9 Å². The maximum Gasteiger partial charge on any atom is 0.251 e. The van der Waals surface area contributed by atoms with Gasteiger partial charge in [-0.25, -0.2) is 22.2 Å². The first kappa shape index (κ1) is 17.9. The summed E-state index contributed by atoms with van der Waals surface area (Å²) in [7, 11) is -2.24. The largest absolute Gasteiger partial charge is 0.272 e. The van der Waals surface area contributed by atoms with Crippen LogP contribution in [-0.4, -0.2) is 55.4 Å². The zero-order chi connectivity index (χ0) is 18.4. The summed E-state index contributed by atoms with van der Waals surface area (Å²) < 4.78 is 52.7. The second-order valence-electron chi connectivity index (χ2n) is 6.35. The number of benzene rings is 1. The second-order valence-corrected chi connectivity index (χ2v) is 8.29. The van der Waals surface area contributed by atoms with Crippen molar-refractivity contribution < 1.29 is 22.0 Å². The summed E-state index contributed by atoms with van der Waals surface area (Å²) in [5.41, 5.74) is 1.24. The molecule has 6 nitrogen and oxygen atoms in total. The van der Waals surface area contributed by atoms with Gasteiger partial charge in [-0.15, -0.1) is 0 Å². The summed E-state index contributed by atoms with van der Waals surface area (Å²) in [6.07, 6.45) is -0.930. The van der Waals surface area contributed by atoms with Crippen LogP contribution >= 0.6 is 0 Å². The lowest BCUT2D eigenvalue weighted by Gasteiger charge is -2.30. The van der Waals surface area contributed by atoms with Gasteiger partial charge in [0.05, 0.1) is 16.5 Å². The average Bonchev–Trinajstić information content (AvgIpc) is 2.82. The average molecular weight is 371 g/mol. The van der Waals surface area contributed by atoms with Crippen LogP contribution in [0.1, 0.15) is 25.3 Å². The van der Waals surface area contributed by atoms with E-state index in [2.05, 4.69) is 5.10 Å². The van der Waals surface area contributed by atoms with E-state index in [0.717, 1.165) is 4.31 Å². The Kier molecular flexibility index (Phi) is 4.40. The van der Waals surface area contributed by atoms with Crippen LogP contribution in [-0.2, 0) is 14.8 Å². The Morgan fingerprint density at radius 1 is 1.16 bits per heavy atom. The van der Waals surface area contributed by atoms with Crippen molar-refractivity contribution in [2.45, 2.75) is 30.6 Å². The molecule has 1 unspecified atom stereocenters. The molecule has 25 heavy (non-hydrogen) atoms. The van der Waals surface area contributed by atoms with Crippen LogP contribution in [0.15, 0.2) is 34.3 Å². The predicted molar refractivity (Wildman–Crippen MR) is 87.9 cm³/mol. The molecule has 1 aromatic rings. The number of carbonyl (C=O) groups excluding carboxylic acids is 1. The fraction of sp³-hybridized carbons (Fsp3) is 0.500. The van der Waals surface area contributed by atoms with E-state index >= 15 is 0 Å². The van der Waals surface area contributed by atoms with E-state index in [9.17, 15) is 22.0 Å². The summed E-state index contributed by atoms with van der Waals surface area (Å²) in [6.45, 7) is 1.35. The third-order valence-corrected chi connectivity index (χ3v) is 6.51. The van der Waals surface area contributed by atoms with Crippen molar-refractivity contribution in [3.05, 3.63) is 29.8 Å². The van der Waals surface area contributed by atoms with Crippen LogP contribution in [0.4, 0.5) is 8.78 Å².